The van der Waals surface area contributed by atoms with E-state index in [0.29, 0.717) is 35.8 Å². The Labute approximate surface area is 191 Å². The molecule has 0 unspecified atom stereocenters. The van der Waals surface area contributed by atoms with E-state index in [2.05, 4.69) is 21.2 Å². The molecule has 3 aliphatic heterocycles. The number of aliphatic hydroxyl groups excluding tert-OH is 1. The number of fused-ring (bicyclic) bond motifs is 2. The predicted molar refractivity (Wildman–Crippen MR) is 116 cm³/mol. The second-order valence-electron chi connectivity index (χ2n) is 7.53. The molecule has 32 heavy (non-hydrogen) atoms. The third-order valence-corrected chi connectivity index (χ3v) is 6.19. The minimum absolute atomic E-state index is 0.0689. The largest absolute Gasteiger partial charge is 0.454 e. The Morgan fingerprint density at radius 2 is 1.88 bits per heavy atom. The monoisotopic (exact) mass is 499 g/mol. The summed E-state index contributed by atoms with van der Waals surface area (Å²) in [6.45, 7) is 0.663. The Morgan fingerprint density at radius 1 is 1.06 bits per heavy atom. The van der Waals surface area contributed by atoms with Gasteiger partial charge in [0.1, 0.15) is 5.70 Å². The van der Waals surface area contributed by atoms with E-state index in [0.717, 1.165) is 20.5 Å². The number of benzene rings is 2. The van der Waals surface area contributed by atoms with Gasteiger partial charge < -0.3 is 24.8 Å². The molecule has 0 fully saturated rings. The smallest absolute Gasteiger partial charge is 0.277 e. The molecule has 9 nitrogen and oxygen atoms in total. The van der Waals surface area contributed by atoms with Gasteiger partial charge in [-0.3, -0.25) is 19.3 Å². The molecule has 0 aliphatic carbocycles. The lowest BCUT2D eigenvalue weighted by molar-refractivity contribution is -0.137. The fourth-order valence-corrected chi connectivity index (χ4v) is 4.53. The maximum Gasteiger partial charge on any atom is 0.277 e. The Morgan fingerprint density at radius 3 is 2.69 bits per heavy atom. The Bertz CT molecular complexity index is 1190. The summed E-state index contributed by atoms with van der Waals surface area (Å²) in [6.07, 6.45) is 1.19. The van der Waals surface area contributed by atoms with Crippen molar-refractivity contribution < 1.29 is 29.0 Å². The topological polar surface area (TPSA) is 108 Å². The second kappa shape index (κ2) is 7.95. The second-order valence-corrected chi connectivity index (χ2v) is 8.39. The summed E-state index contributed by atoms with van der Waals surface area (Å²) >= 11 is 3.52. The molecular formula is C22H18BrN3O6. The van der Waals surface area contributed by atoms with E-state index in [4.69, 9.17) is 14.6 Å². The van der Waals surface area contributed by atoms with E-state index in [1.54, 1.807) is 17.0 Å². The molecule has 3 aliphatic rings. The van der Waals surface area contributed by atoms with E-state index < -0.39 is 11.8 Å². The fourth-order valence-electron chi connectivity index (χ4n) is 3.95. The van der Waals surface area contributed by atoms with Crippen LogP contribution >= 0.6 is 15.9 Å². The lowest BCUT2D eigenvalue weighted by Gasteiger charge is -2.16. The van der Waals surface area contributed by atoms with Crippen LogP contribution < -0.4 is 14.8 Å². The number of nitrogens with zero attached hydrogens (tertiary/aromatic N) is 2. The zero-order valence-electron chi connectivity index (χ0n) is 16.8. The van der Waals surface area contributed by atoms with Gasteiger partial charge in [-0.1, -0.05) is 22.0 Å². The first-order valence-corrected chi connectivity index (χ1v) is 10.7. The third kappa shape index (κ3) is 3.51. The van der Waals surface area contributed by atoms with E-state index in [-0.39, 0.29) is 31.5 Å². The predicted octanol–water partition coefficient (Wildman–Crippen LogP) is 1.99. The molecule has 2 aromatic rings. The quantitative estimate of drug-likeness (QED) is 0.585. The van der Waals surface area contributed by atoms with Crippen LogP contribution in [0.1, 0.15) is 21.5 Å². The van der Waals surface area contributed by atoms with Crippen molar-refractivity contribution in [2.75, 3.05) is 25.3 Å². The first kappa shape index (κ1) is 20.5. The first-order valence-electron chi connectivity index (χ1n) is 9.90. The van der Waals surface area contributed by atoms with Crippen LogP contribution in [0.25, 0.3) is 0 Å². The number of hydrogen-bond donors (Lipinski definition) is 2. The summed E-state index contributed by atoms with van der Waals surface area (Å²) < 4.78 is 11.5. The van der Waals surface area contributed by atoms with Crippen LogP contribution in [0.15, 0.2) is 46.6 Å². The van der Waals surface area contributed by atoms with Crippen molar-refractivity contribution in [1.82, 2.24) is 9.80 Å². The van der Waals surface area contributed by atoms with Crippen LogP contribution in [0.4, 0.5) is 5.69 Å². The molecule has 0 bridgehead atoms. The molecule has 164 valence electrons. The Kier molecular flexibility index (Phi) is 5.10. The summed E-state index contributed by atoms with van der Waals surface area (Å²) in [5.41, 5.74) is 2.90. The van der Waals surface area contributed by atoms with E-state index >= 15 is 0 Å². The minimum Gasteiger partial charge on any atom is -0.454 e. The Hall–Kier alpha value is -3.37. The highest BCUT2D eigenvalue weighted by Crippen LogP contribution is 2.36. The lowest BCUT2D eigenvalue weighted by Crippen LogP contribution is -2.34. The van der Waals surface area contributed by atoms with Crippen molar-refractivity contribution >= 4 is 39.3 Å². The van der Waals surface area contributed by atoms with Crippen LogP contribution in [-0.2, 0) is 22.7 Å². The van der Waals surface area contributed by atoms with Gasteiger partial charge in [0.2, 0.25) is 6.79 Å². The standard InChI is InChI=1S/C22H18BrN3O6/c23-16-7-13(24-17-8-20(28)26(3-4-27)22(17)30)6-14-15(16)10-25(21(14)29)9-12-1-2-18-19(5-12)32-11-31-18/h1-2,5-8,24,27H,3-4,9-11H2. The molecule has 0 atom stereocenters. The van der Waals surface area contributed by atoms with Gasteiger partial charge in [0.25, 0.3) is 17.7 Å². The van der Waals surface area contributed by atoms with E-state index in [9.17, 15) is 14.4 Å². The highest BCUT2D eigenvalue weighted by Gasteiger charge is 2.33. The molecule has 3 amide bonds. The molecule has 2 N–H and O–H groups in total. The summed E-state index contributed by atoms with van der Waals surface area (Å²) in [4.78, 5) is 40.1. The third-order valence-electron chi connectivity index (χ3n) is 5.48. The van der Waals surface area contributed by atoms with Crippen LogP contribution in [0.3, 0.4) is 0 Å². The number of halogens is 1. The summed E-state index contributed by atoms with van der Waals surface area (Å²) in [5, 5.41) is 12.0. The summed E-state index contributed by atoms with van der Waals surface area (Å²) in [5.74, 6) is 0.217. The van der Waals surface area contributed by atoms with Gasteiger partial charge in [0, 0.05) is 34.9 Å². The van der Waals surface area contributed by atoms with Gasteiger partial charge in [0.15, 0.2) is 11.5 Å². The molecule has 10 heteroatoms. The number of carbonyl (C=O) groups is 3. The summed E-state index contributed by atoms with van der Waals surface area (Å²) in [7, 11) is 0. The van der Waals surface area contributed by atoms with Gasteiger partial charge in [-0.05, 0) is 35.4 Å². The van der Waals surface area contributed by atoms with Gasteiger partial charge in [-0.15, -0.1) is 0 Å². The average Bonchev–Trinajstić information content (AvgIpc) is 3.42. The zero-order chi connectivity index (χ0) is 22.4. The number of imide groups is 1. The maximum absolute atomic E-state index is 13.1. The number of hydrogen-bond acceptors (Lipinski definition) is 7. The van der Waals surface area contributed by atoms with Crippen molar-refractivity contribution in [3.63, 3.8) is 0 Å². The number of rotatable bonds is 6. The molecule has 2 aromatic carbocycles. The molecule has 3 heterocycles. The highest BCUT2D eigenvalue weighted by molar-refractivity contribution is 9.10. The number of anilines is 1. The van der Waals surface area contributed by atoms with Crippen molar-refractivity contribution in [2.45, 2.75) is 13.1 Å². The van der Waals surface area contributed by atoms with Crippen molar-refractivity contribution in [1.29, 1.82) is 0 Å². The molecule has 0 saturated carbocycles. The van der Waals surface area contributed by atoms with Crippen molar-refractivity contribution in [3.8, 4) is 11.5 Å². The molecule has 0 spiro atoms. The van der Waals surface area contributed by atoms with E-state index in [1.165, 1.54) is 6.08 Å². The Balaban J connectivity index is 1.34. The molecule has 5 rings (SSSR count). The number of carbonyl (C=O) groups excluding carboxylic acids is 3. The van der Waals surface area contributed by atoms with Gasteiger partial charge in [-0.2, -0.15) is 0 Å². The fraction of sp³-hybridized carbons (Fsp3) is 0.227. The zero-order valence-corrected chi connectivity index (χ0v) is 18.3. The van der Waals surface area contributed by atoms with Crippen LogP contribution in [0.2, 0.25) is 0 Å². The van der Waals surface area contributed by atoms with Crippen LogP contribution in [-0.4, -0.2) is 52.6 Å². The number of nitrogens with one attached hydrogen (secondary N) is 1. The van der Waals surface area contributed by atoms with Crippen molar-refractivity contribution in [2.24, 2.45) is 0 Å². The van der Waals surface area contributed by atoms with Crippen LogP contribution in [0, 0.1) is 0 Å². The average molecular weight is 500 g/mol. The number of β-amino-alcohol motifs (C(OH)–C–C–N with tert-alkyl or cyclic N) is 1. The number of aliphatic hydroxyl groups is 1. The molecule has 0 aromatic heterocycles. The normalized spacial score (nSPS) is 16.7. The van der Waals surface area contributed by atoms with E-state index in [1.807, 2.05) is 18.2 Å². The van der Waals surface area contributed by atoms with Gasteiger partial charge in [-0.25, -0.2) is 0 Å². The van der Waals surface area contributed by atoms with Gasteiger partial charge >= 0.3 is 0 Å². The molecular weight excluding hydrogens is 482 g/mol. The minimum atomic E-state index is -0.517. The lowest BCUT2D eigenvalue weighted by atomic mass is 10.1. The summed E-state index contributed by atoms with van der Waals surface area (Å²) in [6, 6.07) is 9.04. The molecule has 0 radical (unpaired) electrons. The molecule has 0 saturated heterocycles. The van der Waals surface area contributed by atoms with Crippen LogP contribution in [0.5, 0.6) is 11.5 Å². The number of ether oxygens (including phenoxy) is 2. The maximum atomic E-state index is 13.1. The highest BCUT2D eigenvalue weighted by atomic mass is 79.9. The van der Waals surface area contributed by atoms with Crippen molar-refractivity contribution in [3.05, 3.63) is 63.3 Å². The first-order chi connectivity index (χ1) is 15.4. The van der Waals surface area contributed by atoms with Gasteiger partial charge in [0.05, 0.1) is 13.2 Å². The number of amides is 3. The SMILES string of the molecule is O=C1c2cc(NC3=CC(=O)N(CCO)C3=O)cc(Br)c2CN1Cc1ccc2c(c1)OCO2.